The van der Waals surface area contributed by atoms with Crippen LogP contribution in [0.5, 0.6) is 0 Å². The fourth-order valence-electron chi connectivity index (χ4n) is 2.19. The van der Waals surface area contributed by atoms with Crippen LogP contribution in [0.3, 0.4) is 0 Å². The zero-order valence-electron chi connectivity index (χ0n) is 14.3. The molecule has 0 aliphatic heterocycles. The van der Waals surface area contributed by atoms with Gasteiger partial charge in [0.2, 0.25) is 0 Å². The molecule has 1 N–H and O–H groups in total. The van der Waals surface area contributed by atoms with E-state index >= 15 is 0 Å². The number of aryl methyl sites for hydroxylation is 1. The molecule has 1 amide bonds. The Morgan fingerprint density at radius 3 is 2.56 bits per heavy atom. The van der Waals surface area contributed by atoms with E-state index < -0.39 is 18.1 Å². The molecule has 0 fully saturated rings. The van der Waals surface area contributed by atoms with Crippen molar-refractivity contribution in [3.63, 3.8) is 0 Å². The first-order chi connectivity index (χ1) is 12.1. The maximum atomic E-state index is 11.9. The molecule has 0 radical (unpaired) electrons. The predicted molar refractivity (Wildman–Crippen MR) is 95.8 cm³/mol. The lowest BCUT2D eigenvalue weighted by Crippen LogP contribution is -2.40. The summed E-state index contributed by atoms with van der Waals surface area (Å²) >= 11 is 0. The van der Waals surface area contributed by atoms with Gasteiger partial charge >= 0.3 is 12.1 Å². The van der Waals surface area contributed by atoms with E-state index in [1.54, 1.807) is 12.2 Å². The Morgan fingerprint density at radius 1 is 1.12 bits per heavy atom. The third kappa shape index (κ3) is 6.14. The van der Waals surface area contributed by atoms with E-state index in [1.165, 1.54) is 7.11 Å². The van der Waals surface area contributed by atoms with Crippen molar-refractivity contribution in [3.05, 3.63) is 77.4 Å². The fraction of sp³-hybridized carbons (Fsp3) is 0.200. The van der Waals surface area contributed by atoms with Gasteiger partial charge in [-0.25, -0.2) is 9.59 Å². The lowest BCUT2D eigenvalue weighted by Gasteiger charge is -2.13. The molecule has 130 valence electrons. The number of esters is 1. The Hall–Kier alpha value is -3.08. The van der Waals surface area contributed by atoms with Crippen molar-refractivity contribution in [2.24, 2.45) is 0 Å². The first kappa shape index (κ1) is 18.3. The molecule has 0 heterocycles. The maximum Gasteiger partial charge on any atom is 0.408 e. The quantitative estimate of drug-likeness (QED) is 0.819. The third-order valence-corrected chi connectivity index (χ3v) is 3.46. The fourth-order valence-corrected chi connectivity index (χ4v) is 2.19. The summed E-state index contributed by atoms with van der Waals surface area (Å²) in [5.41, 5.74) is 2.89. The van der Waals surface area contributed by atoms with Gasteiger partial charge in [-0.1, -0.05) is 72.3 Å². The zero-order valence-corrected chi connectivity index (χ0v) is 14.3. The van der Waals surface area contributed by atoms with Crippen LogP contribution in [-0.4, -0.2) is 25.2 Å². The molecule has 0 bridgehead atoms. The standard InChI is InChI=1S/C20H21NO4/c1-15-7-6-10-16(13-15)11-12-18(19(22)24-2)21-20(23)25-14-17-8-4-3-5-9-17/h3-13,18H,14H2,1-2H3,(H,21,23)/b12-11+/t18-/m0/s1. The van der Waals surface area contributed by atoms with Gasteiger partial charge in [-0.05, 0) is 18.1 Å². The van der Waals surface area contributed by atoms with Crippen molar-refractivity contribution in [2.45, 2.75) is 19.6 Å². The van der Waals surface area contributed by atoms with Gasteiger partial charge in [0, 0.05) is 0 Å². The molecule has 2 rings (SSSR count). The monoisotopic (exact) mass is 339 g/mol. The summed E-state index contributed by atoms with van der Waals surface area (Å²) in [6.45, 7) is 2.11. The zero-order chi connectivity index (χ0) is 18.1. The predicted octanol–water partition coefficient (Wildman–Crippen LogP) is 3.48. The Morgan fingerprint density at radius 2 is 1.88 bits per heavy atom. The van der Waals surface area contributed by atoms with E-state index in [2.05, 4.69) is 5.32 Å². The molecular formula is C20H21NO4. The average Bonchev–Trinajstić information content (AvgIpc) is 2.63. The minimum Gasteiger partial charge on any atom is -0.467 e. The van der Waals surface area contributed by atoms with Gasteiger partial charge < -0.3 is 14.8 Å². The summed E-state index contributed by atoms with van der Waals surface area (Å²) in [5.74, 6) is -0.569. The van der Waals surface area contributed by atoms with Crippen molar-refractivity contribution in [2.75, 3.05) is 7.11 Å². The molecule has 0 aromatic heterocycles. The summed E-state index contributed by atoms with van der Waals surface area (Å²) in [7, 11) is 1.27. The normalized spacial score (nSPS) is 11.8. The number of methoxy groups -OCH3 is 1. The molecule has 0 spiro atoms. The molecule has 0 saturated carbocycles. The second kappa shape index (κ2) is 9.27. The molecule has 5 nitrogen and oxygen atoms in total. The summed E-state index contributed by atoms with van der Waals surface area (Å²) in [4.78, 5) is 23.8. The molecular weight excluding hydrogens is 318 g/mol. The largest absolute Gasteiger partial charge is 0.467 e. The highest BCUT2D eigenvalue weighted by Gasteiger charge is 2.19. The first-order valence-corrected chi connectivity index (χ1v) is 7.88. The Balaban J connectivity index is 1.97. The number of amides is 1. The second-order valence-electron chi connectivity index (χ2n) is 5.48. The van der Waals surface area contributed by atoms with Crippen LogP contribution in [0.15, 0.2) is 60.7 Å². The molecule has 5 heteroatoms. The van der Waals surface area contributed by atoms with E-state index in [-0.39, 0.29) is 6.61 Å². The minimum absolute atomic E-state index is 0.127. The van der Waals surface area contributed by atoms with Crippen LogP contribution in [0, 0.1) is 6.92 Å². The van der Waals surface area contributed by atoms with Crippen LogP contribution >= 0.6 is 0 Å². The van der Waals surface area contributed by atoms with Gasteiger partial charge in [-0.2, -0.15) is 0 Å². The lowest BCUT2D eigenvalue weighted by atomic mass is 10.1. The SMILES string of the molecule is COC(=O)[C@H](/C=C/c1cccc(C)c1)NC(=O)OCc1ccccc1. The number of alkyl carbamates (subject to hydrolysis) is 1. The molecule has 0 saturated heterocycles. The van der Waals surface area contributed by atoms with E-state index in [4.69, 9.17) is 9.47 Å². The number of rotatable bonds is 6. The summed E-state index contributed by atoms with van der Waals surface area (Å²) in [6.07, 6.45) is 2.64. The number of benzene rings is 2. The highest BCUT2D eigenvalue weighted by molar-refractivity contribution is 5.84. The average molecular weight is 339 g/mol. The van der Waals surface area contributed by atoms with E-state index in [0.29, 0.717) is 0 Å². The van der Waals surface area contributed by atoms with Crippen molar-refractivity contribution in [3.8, 4) is 0 Å². The topological polar surface area (TPSA) is 64.6 Å². The van der Waals surface area contributed by atoms with Crippen molar-refractivity contribution < 1.29 is 19.1 Å². The van der Waals surface area contributed by atoms with Gasteiger partial charge in [-0.15, -0.1) is 0 Å². The summed E-state index contributed by atoms with van der Waals surface area (Å²) in [6, 6.07) is 16.2. The Bertz CT molecular complexity index is 740. The van der Waals surface area contributed by atoms with Crippen LogP contribution in [0.25, 0.3) is 6.08 Å². The van der Waals surface area contributed by atoms with Crippen molar-refractivity contribution in [1.29, 1.82) is 0 Å². The third-order valence-electron chi connectivity index (χ3n) is 3.46. The van der Waals surface area contributed by atoms with E-state index in [0.717, 1.165) is 16.7 Å². The molecule has 0 aliphatic rings. The maximum absolute atomic E-state index is 11.9. The van der Waals surface area contributed by atoms with Crippen LogP contribution in [0.2, 0.25) is 0 Å². The van der Waals surface area contributed by atoms with Gasteiger partial charge in [0.1, 0.15) is 12.6 Å². The van der Waals surface area contributed by atoms with Crippen molar-refractivity contribution >= 4 is 18.1 Å². The highest BCUT2D eigenvalue weighted by Crippen LogP contribution is 2.07. The molecule has 1 atom stereocenters. The number of carbonyl (C=O) groups is 2. The van der Waals surface area contributed by atoms with Crippen molar-refractivity contribution in [1.82, 2.24) is 5.32 Å². The summed E-state index contributed by atoms with van der Waals surface area (Å²) in [5, 5.41) is 2.50. The molecule has 2 aromatic carbocycles. The summed E-state index contributed by atoms with van der Waals surface area (Å²) < 4.78 is 9.86. The van der Waals surface area contributed by atoms with Gasteiger partial charge in [0.15, 0.2) is 0 Å². The number of carbonyl (C=O) groups excluding carboxylic acids is 2. The number of hydrogen-bond acceptors (Lipinski definition) is 4. The Labute approximate surface area is 147 Å². The Kier molecular flexibility index (Phi) is 6.77. The van der Waals surface area contributed by atoms with E-state index in [1.807, 2.05) is 61.5 Å². The molecule has 0 unspecified atom stereocenters. The lowest BCUT2D eigenvalue weighted by molar-refractivity contribution is -0.141. The van der Waals surface area contributed by atoms with E-state index in [9.17, 15) is 9.59 Å². The van der Waals surface area contributed by atoms with Crippen LogP contribution < -0.4 is 5.32 Å². The van der Waals surface area contributed by atoms with Crippen LogP contribution in [-0.2, 0) is 20.9 Å². The number of ether oxygens (including phenoxy) is 2. The van der Waals surface area contributed by atoms with Gasteiger partial charge in [0.25, 0.3) is 0 Å². The first-order valence-electron chi connectivity index (χ1n) is 7.88. The minimum atomic E-state index is -0.922. The molecule has 2 aromatic rings. The molecule has 0 aliphatic carbocycles. The second-order valence-corrected chi connectivity index (χ2v) is 5.48. The number of nitrogens with one attached hydrogen (secondary N) is 1. The van der Waals surface area contributed by atoms with Gasteiger partial charge in [-0.3, -0.25) is 0 Å². The smallest absolute Gasteiger partial charge is 0.408 e. The van der Waals surface area contributed by atoms with Crippen LogP contribution in [0.1, 0.15) is 16.7 Å². The number of hydrogen-bond donors (Lipinski definition) is 1. The molecule has 25 heavy (non-hydrogen) atoms. The highest BCUT2D eigenvalue weighted by atomic mass is 16.6. The van der Waals surface area contributed by atoms with Crippen LogP contribution in [0.4, 0.5) is 4.79 Å². The van der Waals surface area contributed by atoms with Gasteiger partial charge in [0.05, 0.1) is 7.11 Å².